The Kier molecular flexibility index (Phi) is 4.38. The molecule has 2 atom stereocenters. The average Bonchev–Trinajstić information content (AvgIpc) is 2.28. The number of benzene rings is 1. The van der Waals surface area contributed by atoms with E-state index in [1.165, 1.54) is 18.2 Å². The monoisotopic (exact) mass is 275 g/mol. The van der Waals surface area contributed by atoms with Gasteiger partial charge in [-0.05, 0) is 5.56 Å². The lowest BCUT2D eigenvalue weighted by molar-refractivity contribution is -0.385. The van der Waals surface area contributed by atoms with Crippen LogP contribution in [0.2, 0.25) is 0 Å². The Morgan fingerprint density at radius 1 is 1.44 bits per heavy atom. The Bertz CT molecular complexity index is 541. The maximum atomic E-state index is 11.3. The summed E-state index contributed by atoms with van der Waals surface area (Å²) in [5.41, 5.74) is -0.176. The number of non-ortho nitro benzene ring substituents is 1. The van der Waals surface area contributed by atoms with Crippen LogP contribution in [0.1, 0.15) is 11.7 Å². The molecule has 0 radical (unpaired) electrons. The fourth-order valence-corrected chi connectivity index (χ4v) is 2.40. The van der Waals surface area contributed by atoms with Crippen LogP contribution in [0.25, 0.3) is 0 Å². The molecule has 0 saturated heterocycles. The Morgan fingerprint density at radius 3 is 2.50 bits per heavy atom. The Hall–Kier alpha value is -1.51. The van der Waals surface area contributed by atoms with Crippen molar-refractivity contribution < 1.29 is 23.6 Å². The predicted molar refractivity (Wildman–Crippen MR) is 63.8 cm³/mol. The van der Waals surface area contributed by atoms with Gasteiger partial charge in [-0.1, -0.05) is 12.1 Å². The molecule has 1 rings (SSSR count). The molecular formula is C10H13NO6S. The molecule has 0 aliphatic carbocycles. The van der Waals surface area contributed by atoms with Gasteiger partial charge in [0, 0.05) is 18.4 Å². The summed E-state index contributed by atoms with van der Waals surface area (Å²) in [4.78, 5) is 9.92. The van der Waals surface area contributed by atoms with Crippen molar-refractivity contribution in [2.45, 2.75) is 11.4 Å². The van der Waals surface area contributed by atoms with Gasteiger partial charge in [0.1, 0.15) is 5.25 Å². The number of hydrogen-bond donors (Lipinski definition) is 2. The zero-order valence-corrected chi connectivity index (χ0v) is 10.4. The lowest BCUT2D eigenvalue weighted by Crippen LogP contribution is -2.31. The van der Waals surface area contributed by atoms with E-state index >= 15 is 0 Å². The van der Waals surface area contributed by atoms with E-state index < -0.39 is 32.7 Å². The predicted octanol–water partition coefficient (Wildman–Crippen LogP) is 0.0337. The summed E-state index contributed by atoms with van der Waals surface area (Å²) < 4.78 is 22.7. The van der Waals surface area contributed by atoms with E-state index in [0.29, 0.717) is 0 Å². The van der Waals surface area contributed by atoms with Crippen LogP contribution in [-0.2, 0) is 9.84 Å². The number of aliphatic hydroxyl groups is 2. The van der Waals surface area contributed by atoms with Crippen LogP contribution < -0.4 is 0 Å². The summed E-state index contributed by atoms with van der Waals surface area (Å²) >= 11 is 0. The van der Waals surface area contributed by atoms with Gasteiger partial charge in [0.05, 0.1) is 17.6 Å². The fraction of sp³-hybridized carbons (Fsp3) is 0.400. The van der Waals surface area contributed by atoms with E-state index in [1.807, 2.05) is 0 Å². The molecule has 0 bridgehead atoms. The first-order valence-electron chi connectivity index (χ1n) is 4.99. The zero-order valence-electron chi connectivity index (χ0n) is 9.55. The van der Waals surface area contributed by atoms with E-state index in [1.54, 1.807) is 0 Å². The van der Waals surface area contributed by atoms with Gasteiger partial charge in [-0.2, -0.15) is 0 Å². The first kappa shape index (κ1) is 14.6. The van der Waals surface area contributed by atoms with Crippen LogP contribution in [0.15, 0.2) is 24.3 Å². The highest BCUT2D eigenvalue weighted by Gasteiger charge is 2.30. The van der Waals surface area contributed by atoms with Crippen molar-refractivity contribution in [3.63, 3.8) is 0 Å². The third-order valence-corrected chi connectivity index (χ3v) is 4.01. The maximum absolute atomic E-state index is 11.3. The minimum Gasteiger partial charge on any atom is -0.395 e. The number of nitro groups is 1. The standard InChI is InChI=1S/C10H13NO6S/c1-18(16,17)9(6-12)10(13)7-3-2-4-8(5-7)11(14)15/h2-5,9-10,12-13H,6H2,1H3/t9-,10-/m1/s1. The molecule has 0 aromatic heterocycles. The van der Waals surface area contributed by atoms with Crippen LogP contribution in [0.5, 0.6) is 0 Å². The summed E-state index contributed by atoms with van der Waals surface area (Å²) in [5.74, 6) is 0. The molecule has 0 aliphatic rings. The minimum atomic E-state index is -3.67. The molecule has 18 heavy (non-hydrogen) atoms. The fourth-order valence-electron chi connectivity index (χ4n) is 1.51. The summed E-state index contributed by atoms with van der Waals surface area (Å²) in [6, 6.07) is 5.02. The maximum Gasteiger partial charge on any atom is 0.269 e. The van der Waals surface area contributed by atoms with Gasteiger partial charge in [-0.15, -0.1) is 0 Å². The first-order valence-corrected chi connectivity index (χ1v) is 6.95. The number of rotatable bonds is 5. The van der Waals surface area contributed by atoms with E-state index in [4.69, 9.17) is 5.11 Å². The van der Waals surface area contributed by atoms with Crippen molar-refractivity contribution >= 4 is 15.5 Å². The quantitative estimate of drug-likeness (QED) is 0.578. The number of nitro benzene ring substituents is 1. The van der Waals surface area contributed by atoms with Gasteiger partial charge < -0.3 is 10.2 Å². The molecule has 7 nitrogen and oxygen atoms in total. The van der Waals surface area contributed by atoms with Gasteiger partial charge in [0.25, 0.3) is 5.69 Å². The summed E-state index contributed by atoms with van der Waals surface area (Å²) in [6.45, 7) is -0.761. The Labute approximate surface area is 104 Å². The first-order chi connectivity index (χ1) is 8.27. The molecule has 0 heterocycles. The lowest BCUT2D eigenvalue weighted by atomic mass is 10.1. The van der Waals surface area contributed by atoms with Gasteiger partial charge in [0.2, 0.25) is 0 Å². The van der Waals surface area contributed by atoms with Gasteiger partial charge in [-0.3, -0.25) is 10.1 Å². The second-order valence-electron chi connectivity index (χ2n) is 3.85. The Morgan fingerprint density at radius 2 is 2.06 bits per heavy atom. The molecular weight excluding hydrogens is 262 g/mol. The highest BCUT2D eigenvalue weighted by molar-refractivity contribution is 7.91. The molecule has 0 fully saturated rings. The van der Waals surface area contributed by atoms with Gasteiger partial charge in [0.15, 0.2) is 9.84 Å². The highest BCUT2D eigenvalue weighted by Crippen LogP contribution is 2.24. The van der Waals surface area contributed by atoms with E-state index in [-0.39, 0.29) is 11.3 Å². The molecule has 0 saturated carbocycles. The van der Waals surface area contributed by atoms with Crippen LogP contribution in [-0.4, -0.2) is 41.7 Å². The van der Waals surface area contributed by atoms with Crippen LogP contribution in [0.3, 0.4) is 0 Å². The molecule has 1 aromatic carbocycles. The zero-order chi connectivity index (χ0) is 13.9. The molecule has 8 heteroatoms. The number of aliphatic hydroxyl groups excluding tert-OH is 2. The summed E-state index contributed by atoms with van der Waals surface area (Å²) in [6.07, 6.45) is -0.626. The van der Waals surface area contributed by atoms with Crippen LogP contribution >= 0.6 is 0 Å². The number of nitrogens with zero attached hydrogens (tertiary/aromatic N) is 1. The molecule has 0 aliphatic heterocycles. The Balaban J connectivity index is 3.13. The molecule has 100 valence electrons. The third-order valence-electron chi connectivity index (χ3n) is 2.50. The van der Waals surface area contributed by atoms with Crippen LogP contribution in [0.4, 0.5) is 5.69 Å². The summed E-state index contributed by atoms with van der Waals surface area (Å²) in [7, 11) is -3.67. The van der Waals surface area contributed by atoms with Crippen molar-refractivity contribution in [3.05, 3.63) is 39.9 Å². The minimum absolute atomic E-state index is 0.0775. The topological polar surface area (TPSA) is 118 Å². The smallest absolute Gasteiger partial charge is 0.269 e. The van der Waals surface area contributed by atoms with Gasteiger partial charge >= 0.3 is 0 Å². The number of hydrogen-bond acceptors (Lipinski definition) is 6. The van der Waals surface area contributed by atoms with E-state index in [2.05, 4.69) is 0 Å². The van der Waals surface area contributed by atoms with Crippen molar-refractivity contribution in [2.75, 3.05) is 12.9 Å². The largest absolute Gasteiger partial charge is 0.395 e. The van der Waals surface area contributed by atoms with E-state index in [9.17, 15) is 23.6 Å². The molecule has 0 spiro atoms. The molecule has 2 N–H and O–H groups in total. The highest BCUT2D eigenvalue weighted by atomic mass is 32.2. The molecule has 0 unspecified atom stereocenters. The molecule has 0 amide bonds. The summed E-state index contributed by atoms with van der Waals surface area (Å²) in [5, 5.41) is 28.0. The van der Waals surface area contributed by atoms with Crippen LogP contribution in [0, 0.1) is 10.1 Å². The third kappa shape index (κ3) is 3.25. The van der Waals surface area contributed by atoms with Gasteiger partial charge in [-0.25, -0.2) is 8.42 Å². The second-order valence-corrected chi connectivity index (χ2v) is 6.11. The van der Waals surface area contributed by atoms with Crippen molar-refractivity contribution in [3.8, 4) is 0 Å². The van der Waals surface area contributed by atoms with Crippen molar-refractivity contribution in [1.82, 2.24) is 0 Å². The second kappa shape index (κ2) is 5.42. The van der Waals surface area contributed by atoms with Crippen molar-refractivity contribution in [2.24, 2.45) is 0 Å². The average molecular weight is 275 g/mol. The number of sulfone groups is 1. The SMILES string of the molecule is CS(=O)(=O)[C@H](CO)[C@H](O)c1cccc([N+](=O)[O-])c1. The van der Waals surface area contributed by atoms with Crippen molar-refractivity contribution in [1.29, 1.82) is 0 Å². The molecule has 1 aromatic rings. The van der Waals surface area contributed by atoms with E-state index in [0.717, 1.165) is 12.3 Å². The normalized spacial score (nSPS) is 15.1. The lowest BCUT2D eigenvalue weighted by Gasteiger charge is -2.19.